The highest BCUT2D eigenvalue weighted by Crippen LogP contribution is 2.30. The summed E-state index contributed by atoms with van der Waals surface area (Å²) >= 11 is 0. The van der Waals surface area contributed by atoms with Crippen molar-refractivity contribution in [1.82, 2.24) is 14.3 Å². The molecule has 1 aliphatic rings. The molecule has 7 heteroatoms. The van der Waals surface area contributed by atoms with Gasteiger partial charge in [-0.15, -0.1) is 0 Å². The topological polar surface area (TPSA) is 72.4 Å². The van der Waals surface area contributed by atoms with Crippen LogP contribution in [0, 0.1) is 0 Å². The predicted octanol–water partition coefficient (Wildman–Crippen LogP) is 1.79. The third kappa shape index (κ3) is 2.94. The standard InChI is InChI=1S/C16H19N3O3S/c1-3-12-4-5-15(22-2)16(8-12)23(20,21)19-7-6-14-13(10-19)9-17-11-18-14/h4-5,8-9,11H,3,6-7,10H2,1-2H3. The summed E-state index contributed by atoms with van der Waals surface area (Å²) in [6.45, 7) is 2.69. The molecule has 23 heavy (non-hydrogen) atoms. The molecule has 0 aliphatic carbocycles. The Labute approximate surface area is 136 Å². The molecule has 0 N–H and O–H groups in total. The van der Waals surface area contributed by atoms with Crippen LogP contribution in [0.25, 0.3) is 0 Å². The zero-order valence-corrected chi connectivity index (χ0v) is 14.0. The summed E-state index contributed by atoms with van der Waals surface area (Å²) in [6.07, 6.45) is 4.54. The highest BCUT2D eigenvalue weighted by Gasteiger charge is 2.31. The predicted molar refractivity (Wildman–Crippen MR) is 85.7 cm³/mol. The van der Waals surface area contributed by atoms with Crippen LogP contribution < -0.4 is 4.74 Å². The number of aryl methyl sites for hydroxylation is 1. The molecule has 0 atom stereocenters. The normalized spacial score (nSPS) is 15.2. The Morgan fingerprint density at radius 1 is 1.35 bits per heavy atom. The van der Waals surface area contributed by atoms with E-state index in [-0.39, 0.29) is 11.4 Å². The molecule has 0 unspecified atom stereocenters. The van der Waals surface area contributed by atoms with Crippen molar-refractivity contribution in [3.8, 4) is 5.75 Å². The highest BCUT2D eigenvalue weighted by atomic mass is 32.2. The highest BCUT2D eigenvalue weighted by molar-refractivity contribution is 7.89. The molecule has 0 radical (unpaired) electrons. The molecule has 0 amide bonds. The number of fused-ring (bicyclic) bond motifs is 1. The van der Waals surface area contributed by atoms with E-state index in [1.54, 1.807) is 18.3 Å². The van der Waals surface area contributed by atoms with E-state index in [0.29, 0.717) is 18.7 Å². The number of benzene rings is 1. The SMILES string of the molecule is CCc1ccc(OC)c(S(=O)(=O)N2CCc3ncncc3C2)c1. The summed E-state index contributed by atoms with van der Waals surface area (Å²) in [5.41, 5.74) is 2.73. The van der Waals surface area contributed by atoms with E-state index in [1.165, 1.54) is 17.7 Å². The van der Waals surface area contributed by atoms with Crippen molar-refractivity contribution < 1.29 is 13.2 Å². The van der Waals surface area contributed by atoms with Gasteiger partial charge in [0.1, 0.15) is 17.0 Å². The van der Waals surface area contributed by atoms with Gasteiger partial charge in [-0.2, -0.15) is 4.31 Å². The molecule has 122 valence electrons. The smallest absolute Gasteiger partial charge is 0.247 e. The first-order valence-corrected chi connectivity index (χ1v) is 8.95. The summed E-state index contributed by atoms with van der Waals surface area (Å²) < 4.78 is 32.8. The van der Waals surface area contributed by atoms with Gasteiger partial charge in [0, 0.05) is 37.0 Å². The fraction of sp³-hybridized carbons (Fsp3) is 0.375. The van der Waals surface area contributed by atoms with Crippen molar-refractivity contribution in [2.24, 2.45) is 0 Å². The van der Waals surface area contributed by atoms with Gasteiger partial charge in [0.25, 0.3) is 0 Å². The average Bonchev–Trinajstić information content (AvgIpc) is 2.60. The quantitative estimate of drug-likeness (QED) is 0.853. The molecule has 2 heterocycles. The van der Waals surface area contributed by atoms with Crippen LogP contribution in [0.15, 0.2) is 35.6 Å². The fourth-order valence-corrected chi connectivity index (χ4v) is 4.35. The number of sulfonamides is 1. The molecule has 0 bridgehead atoms. The van der Waals surface area contributed by atoms with Gasteiger partial charge in [-0.3, -0.25) is 0 Å². The number of hydrogen-bond donors (Lipinski definition) is 0. The third-order valence-corrected chi connectivity index (χ3v) is 5.95. The molecule has 6 nitrogen and oxygen atoms in total. The van der Waals surface area contributed by atoms with E-state index in [4.69, 9.17) is 4.74 Å². The van der Waals surface area contributed by atoms with Crippen LogP contribution in [0.5, 0.6) is 5.75 Å². The van der Waals surface area contributed by atoms with Gasteiger partial charge in [-0.1, -0.05) is 13.0 Å². The van der Waals surface area contributed by atoms with Crippen molar-refractivity contribution in [3.05, 3.63) is 47.5 Å². The maximum Gasteiger partial charge on any atom is 0.247 e. The molecular weight excluding hydrogens is 314 g/mol. The summed E-state index contributed by atoms with van der Waals surface area (Å²) in [5.74, 6) is 0.373. The summed E-state index contributed by atoms with van der Waals surface area (Å²) in [5, 5.41) is 0. The second-order valence-electron chi connectivity index (χ2n) is 5.42. The van der Waals surface area contributed by atoms with E-state index in [9.17, 15) is 8.42 Å². The van der Waals surface area contributed by atoms with Gasteiger partial charge in [0.2, 0.25) is 10.0 Å². The molecule has 0 saturated heterocycles. The zero-order chi connectivity index (χ0) is 16.4. The lowest BCUT2D eigenvalue weighted by Crippen LogP contribution is -2.36. The van der Waals surface area contributed by atoms with Crippen molar-refractivity contribution in [3.63, 3.8) is 0 Å². The number of nitrogens with zero attached hydrogens (tertiary/aromatic N) is 3. The van der Waals surface area contributed by atoms with Gasteiger partial charge >= 0.3 is 0 Å². The number of methoxy groups -OCH3 is 1. The van der Waals surface area contributed by atoms with Gasteiger partial charge < -0.3 is 4.74 Å². The molecule has 3 rings (SSSR count). The minimum Gasteiger partial charge on any atom is -0.495 e. The van der Waals surface area contributed by atoms with Crippen molar-refractivity contribution in [2.45, 2.75) is 31.2 Å². The van der Waals surface area contributed by atoms with Crippen LogP contribution in [0.4, 0.5) is 0 Å². The Balaban J connectivity index is 2.00. The molecule has 0 spiro atoms. The van der Waals surface area contributed by atoms with E-state index in [1.807, 2.05) is 13.0 Å². The molecule has 2 aromatic rings. The van der Waals surface area contributed by atoms with Crippen LogP contribution in [-0.4, -0.2) is 36.3 Å². The lowest BCUT2D eigenvalue weighted by Gasteiger charge is -2.27. The fourth-order valence-electron chi connectivity index (χ4n) is 2.73. The van der Waals surface area contributed by atoms with Crippen molar-refractivity contribution in [1.29, 1.82) is 0 Å². The van der Waals surface area contributed by atoms with Crippen LogP contribution in [0.3, 0.4) is 0 Å². The van der Waals surface area contributed by atoms with E-state index < -0.39 is 10.0 Å². The Kier molecular flexibility index (Phi) is 4.32. The maximum absolute atomic E-state index is 13.1. The largest absolute Gasteiger partial charge is 0.495 e. The second kappa shape index (κ2) is 6.25. The van der Waals surface area contributed by atoms with E-state index in [0.717, 1.165) is 23.2 Å². The molecule has 1 aromatic heterocycles. The molecule has 1 aliphatic heterocycles. The maximum atomic E-state index is 13.1. The van der Waals surface area contributed by atoms with Crippen molar-refractivity contribution in [2.75, 3.05) is 13.7 Å². The Morgan fingerprint density at radius 3 is 2.91 bits per heavy atom. The monoisotopic (exact) mass is 333 g/mol. The van der Waals surface area contributed by atoms with E-state index >= 15 is 0 Å². The van der Waals surface area contributed by atoms with Gasteiger partial charge in [-0.05, 0) is 24.1 Å². The van der Waals surface area contributed by atoms with Crippen LogP contribution in [0.2, 0.25) is 0 Å². The van der Waals surface area contributed by atoms with Gasteiger partial charge in [-0.25, -0.2) is 18.4 Å². The Bertz CT molecular complexity index is 821. The zero-order valence-electron chi connectivity index (χ0n) is 13.2. The van der Waals surface area contributed by atoms with Crippen LogP contribution >= 0.6 is 0 Å². The first-order valence-electron chi connectivity index (χ1n) is 7.51. The minimum atomic E-state index is -3.63. The third-order valence-electron chi connectivity index (χ3n) is 4.08. The van der Waals surface area contributed by atoms with Crippen LogP contribution in [-0.2, 0) is 29.4 Å². The molecule has 1 aromatic carbocycles. The number of hydrogen-bond acceptors (Lipinski definition) is 5. The first kappa shape index (κ1) is 15.9. The Hall–Kier alpha value is -1.99. The van der Waals surface area contributed by atoms with Gasteiger partial charge in [0.15, 0.2) is 0 Å². The van der Waals surface area contributed by atoms with Gasteiger partial charge in [0.05, 0.1) is 7.11 Å². The Morgan fingerprint density at radius 2 is 2.17 bits per heavy atom. The minimum absolute atomic E-state index is 0.222. The summed E-state index contributed by atoms with van der Waals surface area (Å²) in [7, 11) is -2.14. The average molecular weight is 333 g/mol. The summed E-state index contributed by atoms with van der Waals surface area (Å²) in [4.78, 5) is 8.43. The lowest BCUT2D eigenvalue weighted by atomic mass is 10.1. The first-order chi connectivity index (χ1) is 11.1. The number of aromatic nitrogens is 2. The number of ether oxygens (including phenoxy) is 1. The van der Waals surface area contributed by atoms with Crippen LogP contribution in [0.1, 0.15) is 23.7 Å². The van der Waals surface area contributed by atoms with Crippen molar-refractivity contribution >= 4 is 10.0 Å². The lowest BCUT2D eigenvalue weighted by molar-refractivity contribution is 0.375. The molecule has 0 saturated carbocycles. The second-order valence-corrected chi connectivity index (χ2v) is 7.33. The molecular formula is C16H19N3O3S. The summed E-state index contributed by atoms with van der Waals surface area (Å²) in [6, 6.07) is 5.30. The molecule has 0 fully saturated rings. The van der Waals surface area contributed by atoms with E-state index in [2.05, 4.69) is 9.97 Å². The number of rotatable bonds is 4.